The maximum atomic E-state index is 6.78. The molecule has 0 amide bonds. The van der Waals surface area contributed by atoms with Crippen LogP contribution in [0.3, 0.4) is 0 Å². The molecule has 0 atom stereocenters. The van der Waals surface area contributed by atoms with Crippen LogP contribution in [0.1, 0.15) is 0 Å². The molecule has 0 saturated carbocycles. The minimum atomic E-state index is -2.64. The van der Waals surface area contributed by atoms with Crippen molar-refractivity contribution in [1.29, 1.82) is 0 Å². The molecule has 5 heteroatoms. The third-order valence-electron chi connectivity index (χ3n) is 4.72. The Morgan fingerprint density at radius 2 is 0.889 bits per heavy atom. The van der Waals surface area contributed by atoms with Crippen molar-refractivity contribution in [1.82, 2.24) is 0 Å². The molecule has 4 rings (SSSR count). The molecule has 0 N–H and O–H groups in total. The van der Waals surface area contributed by atoms with E-state index in [4.69, 9.17) is 34.8 Å². The van der Waals surface area contributed by atoms with Gasteiger partial charge in [0.1, 0.15) is 4.34 Å². The smallest absolute Gasteiger partial charge is 0.129 e. The molecule has 0 unspecified atom stereocenters. The van der Waals surface area contributed by atoms with E-state index in [2.05, 4.69) is 72.8 Å². The lowest BCUT2D eigenvalue weighted by Crippen LogP contribution is -2.74. The van der Waals surface area contributed by atoms with E-state index in [1.165, 1.54) is 26.9 Å². The quantitative estimate of drug-likeness (QED) is 0.303. The Morgan fingerprint density at radius 1 is 0.519 bits per heavy atom. The fourth-order valence-corrected chi connectivity index (χ4v) is 12.0. The highest BCUT2D eigenvalue weighted by Crippen LogP contribution is 2.36. The van der Waals surface area contributed by atoms with Crippen LogP contribution in [-0.2, 0) is 0 Å². The van der Waals surface area contributed by atoms with Crippen LogP contribution in [0.2, 0.25) is 14.4 Å². The van der Waals surface area contributed by atoms with E-state index < -0.39 is 8.07 Å². The SMILES string of the molecule is Clc1sc([Si](c2ccccc2)(c2ccccc2)c2ccccc2)c(Cl)c1Cl. The summed E-state index contributed by atoms with van der Waals surface area (Å²) in [7, 11) is -2.64. The van der Waals surface area contributed by atoms with Gasteiger partial charge >= 0.3 is 0 Å². The minimum absolute atomic E-state index is 0.443. The zero-order valence-corrected chi connectivity index (χ0v) is 18.3. The minimum Gasteiger partial charge on any atom is -0.129 e. The van der Waals surface area contributed by atoms with E-state index in [1.54, 1.807) is 0 Å². The Bertz CT molecular complexity index is 950. The molecule has 0 aliphatic carbocycles. The lowest BCUT2D eigenvalue weighted by atomic mass is 10.3. The molecular weight excluding hydrogens is 431 g/mol. The van der Waals surface area contributed by atoms with E-state index in [0.717, 1.165) is 4.50 Å². The highest BCUT2D eigenvalue weighted by Gasteiger charge is 2.45. The predicted octanol–water partition coefficient (Wildman–Crippen LogP) is 5.09. The molecule has 134 valence electrons. The van der Waals surface area contributed by atoms with Crippen LogP contribution in [0.4, 0.5) is 0 Å². The van der Waals surface area contributed by atoms with Gasteiger partial charge in [0.15, 0.2) is 8.07 Å². The van der Waals surface area contributed by atoms with Crippen molar-refractivity contribution in [3.8, 4) is 0 Å². The molecule has 3 aromatic carbocycles. The second-order valence-electron chi connectivity index (χ2n) is 6.18. The third-order valence-corrected chi connectivity index (χ3v) is 13.0. The summed E-state index contributed by atoms with van der Waals surface area (Å²) < 4.78 is 1.60. The van der Waals surface area contributed by atoms with Crippen molar-refractivity contribution >= 4 is 74.3 Å². The highest BCUT2D eigenvalue weighted by atomic mass is 35.5. The number of halogens is 3. The molecule has 1 heterocycles. The van der Waals surface area contributed by atoms with E-state index in [0.29, 0.717) is 14.4 Å². The monoisotopic (exact) mass is 444 g/mol. The van der Waals surface area contributed by atoms with E-state index in [-0.39, 0.29) is 0 Å². The van der Waals surface area contributed by atoms with Crippen molar-refractivity contribution in [2.24, 2.45) is 0 Å². The summed E-state index contributed by atoms with van der Waals surface area (Å²) in [6, 6.07) is 31.7. The second-order valence-corrected chi connectivity index (χ2v) is 12.7. The Kier molecular flexibility index (Phi) is 5.45. The van der Waals surface area contributed by atoms with Gasteiger partial charge in [-0.1, -0.05) is 126 Å². The fourth-order valence-electron chi connectivity index (χ4n) is 3.56. The van der Waals surface area contributed by atoms with Crippen LogP contribution in [0, 0.1) is 0 Å². The van der Waals surface area contributed by atoms with Crippen LogP contribution in [0.5, 0.6) is 0 Å². The van der Waals surface area contributed by atoms with E-state index in [9.17, 15) is 0 Å². The first-order valence-electron chi connectivity index (χ1n) is 8.46. The molecular formula is C22H15Cl3SSi. The maximum absolute atomic E-state index is 6.78. The van der Waals surface area contributed by atoms with Gasteiger partial charge < -0.3 is 0 Å². The third kappa shape index (κ3) is 3.16. The summed E-state index contributed by atoms with van der Waals surface area (Å²) in [4.78, 5) is 0. The Balaban J connectivity index is 2.18. The molecule has 0 saturated heterocycles. The van der Waals surface area contributed by atoms with Crippen LogP contribution >= 0.6 is 46.1 Å². The van der Waals surface area contributed by atoms with Crippen molar-refractivity contribution in [3.05, 3.63) is 105 Å². The molecule has 0 aliphatic rings. The number of hydrogen-bond acceptors (Lipinski definition) is 1. The molecule has 0 spiro atoms. The Hall–Kier alpha value is -1.55. The fraction of sp³-hybridized carbons (Fsp3) is 0. The normalized spacial score (nSPS) is 11.5. The van der Waals surface area contributed by atoms with Crippen LogP contribution in [0.25, 0.3) is 0 Å². The maximum Gasteiger partial charge on any atom is 0.193 e. The summed E-state index contributed by atoms with van der Waals surface area (Å²) in [5, 5.41) is 4.75. The van der Waals surface area contributed by atoms with Crippen LogP contribution in [-0.4, -0.2) is 8.07 Å². The molecule has 27 heavy (non-hydrogen) atoms. The van der Waals surface area contributed by atoms with Gasteiger partial charge in [-0.3, -0.25) is 0 Å². The zero-order chi connectivity index (χ0) is 18.9. The van der Waals surface area contributed by atoms with Gasteiger partial charge in [0.2, 0.25) is 0 Å². The summed E-state index contributed by atoms with van der Waals surface area (Å²) in [5.41, 5.74) is 0. The number of benzene rings is 3. The van der Waals surface area contributed by atoms with Crippen LogP contribution in [0.15, 0.2) is 91.0 Å². The molecule has 0 aliphatic heterocycles. The average molecular weight is 446 g/mol. The summed E-state index contributed by atoms with van der Waals surface area (Å²) >= 11 is 21.1. The lowest BCUT2D eigenvalue weighted by molar-refractivity contribution is 1.69. The Labute approximate surface area is 179 Å². The van der Waals surface area contributed by atoms with Gasteiger partial charge in [0.05, 0.1) is 10.0 Å². The van der Waals surface area contributed by atoms with E-state index in [1.807, 2.05) is 18.2 Å². The average Bonchev–Trinajstić information content (AvgIpc) is 2.99. The van der Waals surface area contributed by atoms with Crippen molar-refractivity contribution in [3.63, 3.8) is 0 Å². The molecule has 0 nitrogen and oxygen atoms in total. The molecule has 4 aromatic rings. The van der Waals surface area contributed by atoms with Crippen molar-refractivity contribution in [2.45, 2.75) is 0 Å². The topological polar surface area (TPSA) is 0 Å². The van der Waals surface area contributed by atoms with Gasteiger partial charge in [-0.05, 0) is 15.6 Å². The molecule has 0 bridgehead atoms. The van der Waals surface area contributed by atoms with Gasteiger partial charge in [-0.25, -0.2) is 0 Å². The molecule has 1 aromatic heterocycles. The highest BCUT2D eigenvalue weighted by molar-refractivity contribution is 7.39. The standard InChI is InChI=1S/C22H15Cl3SSi/c23-19-20(24)22(26-21(19)25)27(16-10-4-1-5-11-16,17-12-6-2-7-13-17)18-14-8-3-9-15-18/h1-15H. The number of thiophene rings is 1. The number of rotatable bonds is 4. The summed E-state index contributed by atoms with van der Waals surface area (Å²) in [5.74, 6) is 0. The lowest BCUT2D eigenvalue weighted by Gasteiger charge is -2.33. The van der Waals surface area contributed by atoms with Gasteiger partial charge in [-0.15, -0.1) is 11.3 Å². The van der Waals surface area contributed by atoms with Crippen molar-refractivity contribution in [2.75, 3.05) is 0 Å². The summed E-state index contributed by atoms with van der Waals surface area (Å²) in [6.45, 7) is 0. The first kappa shape index (κ1) is 18.8. The number of hydrogen-bond donors (Lipinski definition) is 0. The molecule has 0 radical (unpaired) electrons. The largest absolute Gasteiger partial charge is 0.193 e. The van der Waals surface area contributed by atoms with Gasteiger partial charge in [0.25, 0.3) is 0 Å². The van der Waals surface area contributed by atoms with Crippen LogP contribution < -0.4 is 20.1 Å². The van der Waals surface area contributed by atoms with E-state index >= 15 is 0 Å². The first-order valence-corrected chi connectivity index (χ1v) is 12.4. The Morgan fingerprint density at radius 3 is 1.19 bits per heavy atom. The molecule has 0 fully saturated rings. The summed E-state index contributed by atoms with van der Waals surface area (Å²) in [6.07, 6.45) is 0. The first-order chi connectivity index (χ1) is 13.2. The zero-order valence-electron chi connectivity index (χ0n) is 14.2. The predicted molar refractivity (Wildman–Crippen MR) is 123 cm³/mol. The van der Waals surface area contributed by atoms with Gasteiger partial charge in [-0.2, -0.15) is 0 Å². The van der Waals surface area contributed by atoms with Crippen molar-refractivity contribution < 1.29 is 0 Å². The van der Waals surface area contributed by atoms with Gasteiger partial charge in [0, 0.05) is 4.50 Å². The second kappa shape index (κ2) is 7.82.